The van der Waals surface area contributed by atoms with Gasteiger partial charge >= 0.3 is 0 Å². The summed E-state index contributed by atoms with van der Waals surface area (Å²) in [5.74, 6) is -0.249. The van der Waals surface area contributed by atoms with E-state index in [9.17, 15) is 9.59 Å². The molecule has 0 saturated carbocycles. The molecular formula is C11H14N4O2. The Balaban J connectivity index is 2.39. The van der Waals surface area contributed by atoms with E-state index in [4.69, 9.17) is 0 Å². The predicted molar refractivity (Wildman–Crippen MR) is 61.2 cm³/mol. The first-order valence-corrected chi connectivity index (χ1v) is 5.46. The second kappa shape index (κ2) is 4.48. The Morgan fingerprint density at radius 2 is 2.00 bits per heavy atom. The highest BCUT2D eigenvalue weighted by molar-refractivity contribution is 6.06. The third-order valence-electron chi connectivity index (χ3n) is 2.69. The van der Waals surface area contributed by atoms with Crippen LogP contribution in [0.5, 0.6) is 0 Å². The molecule has 0 bridgehead atoms. The minimum absolute atomic E-state index is 0.0247. The van der Waals surface area contributed by atoms with Gasteiger partial charge in [-0.25, -0.2) is 9.97 Å². The maximum atomic E-state index is 11.9. The van der Waals surface area contributed by atoms with Gasteiger partial charge < -0.3 is 5.32 Å². The molecule has 6 nitrogen and oxygen atoms in total. The summed E-state index contributed by atoms with van der Waals surface area (Å²) < 4.78 is 0. The summed E-state index contributed by atoms with van der Waals surface area (Å²) in [4.78, 5) is 33.0. The van der Waals surface area contributed by atoms with Crippen molar-refractivity contribution < 1.29 is 9.59 Å². The van der Waals surface area contributed by atoms with E-state index in [0.717, 1.165) is 0 Å². The summed E-state index contributed by atoms with van der Waals surface area (Å²) in [6, 6.07) is -0.498. The zero-order chi connectivity index (χ0) is 12.4. The van der Waals surface area contributed by atoms with E-state index in [1.165, 1.54) is 11.2 Å². The highest BCUT2D eigenvalue weighted by atomic mass is 16.2. The van der Waals surface area contributed by atoms with Gasteiger partial charge in [-0.05, 0) is 5.92 Å². The van der Waals surface area contributed by atoms with Crippen molar-refractivity contribution in [2.45, 2.75) is 19.9 Å². The number of aromatic nitrogens is 2. The fourth-order valence-electron chi connectivity index (χ4n) is 1.95. The highest BCUT2D eigenvalue weighted by Crippen LogP contribution is 2.21. The van der Waals surface area contributed by atoms with Gasteiger partial charge in [0.2, 0.25) is 11.8 Å². The Bertz CT molecular complexity index is 432. The Morgan fingerprint density at radius 3 is 2.59 bits per heavy atom. The lowest BCUT2D eigenvalue weighted by Gasteiger charge is -2.36. The van der Waals surface area contributed by atoms with Crippen LogP contribution >= 0.6 is 0 Å². The Kier molecular flexibility index (Phi) is 3.03. The highest BCUT2D eigenvalue weighted by Gasteiger charge is 2.37. The van der Waals surface area contributed by atoms with E-state index in [0.29, 0.717) is 5.69 Å². The number of nitrogens with one attached hydrogen (secondary N) is 1. The Hall–Kier alpha value is -1.98. The average Bonchev–Trinajstić information content (AvgIpc) is 2.32. The van der Waals surface area contributed by atoms with Gasteiger partial charge in [0.15, 0.2) is 0 Å². The number of anilines is 1. The standard InChI is InChI=1S/C11H14N4O2/c1-7(2)10-11(17)14-5-9(16)15(10)8-3-12-6-13-4-8/h3-4,6-7,10H,5H2,1-2H3,(H,14,17). The molecule has 0 aliphatic carbocycles. The number of amides is 2. The molecule has 0 aromatic carbocycles. The van der Waals surface area contributed by atoms with Crippen LogP contribution in [-0.4, -0.2) is 34.4 Å². The first kappa shape index (κ1) is 11.5. The van der Waals surface area contributed by atoms with Crippen LogP contribution in [0.25, 0.3) is 0 Å². The molecular weight excluding hydrogens is 220 g/mol. The summed E-state index contributed by atoms with van der Waals surface area (Å²) in [5.41, 5.74) is 0.561. The molecule has 1 unspecified atom stereocenters. The molecule has 1 aliphatic rings. The van der Waals surface area contributed by atoms with Gasteiger partial charge in [0, 0.05) is 0 Å². The van der Waals surface area contributed by atoms with Gasteiger partial charge in [-0.2, -0.15) is 0 Å². The Labute approximate surface area is 99.1 Å². The van der Waals surface area contributed by atoms with Crippen LogP contribution in [0.15, 0.2) is 18.7 Å². The number of rotatable bonds is 2. The molecule has 2 amide bonds. The normalized spacial score (nSPS) is 20.6. The zero-order valence-electron chi connectivity index (χ0n) is 9.75. The van der Waals surface area contributed by atoms with Gasteiger partial charge in [-0.3, -0.25) is 14.5 Å². The van der Waals surface area contributed by atoms with E-state index < -0.39 is 6.04 Å². The summed E-state index contributed by atoms with van der Waals surface area (Å²) >= 11 is 0. The van der Waals surface area contributed by atoms with Crippen molar-refractivity contribution in [1.29, 1.82) is 0 Å². The number of nitrogens with zero attached hydrogens (tertiary/aromatic N) is 3. The van der Waals surface area contributed by atoms with Crippen LogP contribution in [0.2, 0.25) is 0 Å². The fourth-order valence-corrected chi connectivity index (χ4v) is 1.95. The van der Waals surface area contributed by atoms with Gasteiger partial charge in [0.05, 0.1) is 24.6 Å². The van der Waals surface area contributed by atoms with Crippen LogP contribution in [0, 0.1) is 5.92 Å². The topological polar surface area (TPSA) is 75.2 Å². The molecule has 1 aliphatic heterocycles. The van der Waals surface area contributed by atoms with Gasteiger partial charge in [0.1, 0.15) is 12.4 Å². The maximum absolute atomic E-state index is 11.9. The number of hydrogen-bond donors (Lipinski definition) is 1. The van der Waals surface area contributed by atoms with Crippen LogP contribution in [0.1, 0.15) is 13.8 Å². The lowest BCUT2D eigenvalue weighted by Crippen LogP contribution is -2.60. The molecule has 1 saturated heterocycles. The number of carbonyl (C=O) groups is 2. The fraction of sp³-hybridized carbons (Fsp3) is 0.455. The van der Waals surface area contributed by atoms with Crippen molar-refractivity contribution in [3.63, 3.8) is 0 Å². The van der Waals surface area contributed by atoms with Crippen molar-refractivity contribution >= 4 is 17.5 Å². The largest absolute Gasteiger partial charge is 0.345 e. The summed E-state index contributed by atoms with van der Waals surface area (Å²) in [5, 5.41) is 2.59. The molecule has 1 fully saturated rings. The van der Waals surface area contributed by atoms with Crippen LogP contribution in [0.4, 0.5) is 5.69 Å². The lowest BCUT2D eigenvalue weighted by molar-refractivity contribution is -0.131. The molecule has 90 valence electrons. The number of hydrogen-bond acceptors (Lipinski definition) is 4. The molecule has 17 heavy (non-hydrogen) atoms. The Morgan fingerprint density at radius 1 is 1.35 bits per heavy atom. The summed E-state index contributed by atoms with van der Waals surface area (Å²) in [6.45, 7) is 3.83. The number of carbonyl (C=O) groups excluding carboxylic acids is 2. The van der Waals surface area contributed by atoms with Crippen LogP contribution in [0.3, 0.4) is 0 Å². The van der Waals surface area contributed by atoms with Crippen molar-refractivity contribution in [2.24, 2.45) is 5.92 Å². The average molecular weight is 234 g/mol. The minimum Gasteiger partial charge on any atom is -0.345 e. The lowest BCUT2D eigenvalue weighted by atomic mass is 9.99. The molecule has 2 rings (SSSR count). The monoisotopic (exact) mass is 234 g/mol. The van der Waals surface area contributed by atoms with E-state index in [1.807, 2.05) is 13.8 Å². The van der Waals surface area contributed by atoms with Crippen molar-refractivity contribution in [1.82, 2.24) is 15.3 Å². The van der Waals surface area contributed by atoms with Crippen molar-refractivity contribution in [3.8, 4) is 0 Å². The molecule has 1 atom stereocenters. The van der Waals surface area contributed by atoms with Crippen molar-refractivity contribution in [2.75, 3.05) is 11.4 Å². The molecule has 6 heteroatoms. The smallest absolute Gasteiger partial charge is 0.247 e. The predicted octanol–water partition coefficient (Wildman–Crippen LogP) is -0.0360. The van der Waals surface area contributed by atoms with Gasteiger partial charge in [-0.15, -0.1) is 0 Å². The van der Waals surface area contributed by atoms with Gasteiger partial charge in [-0.1, -0.05) is 13.8 Å². The molecule has 1 aromatic rings. The minimum atomic E-state index is -0.498. The molecule has 0 radical (unpaired) electrons. The van der Waals surface area contributed by atoms with Crippen LogP contribution in [-0.2, 0) is 9.59 Å². The summed E-state index contributed by atoms with van der Waals surface area (Å²) in [6.07, 6.45) is 4.47. The maximum Gasteiger partial charge on any atom is 0.247 e. The quantitative estimate of drug-likeness (QED) is 0.779. The second-order valence-corrected chi connectivity index (χ2v) is 4.27. The molecule has 1 N–H and O–H groups in total. The molecule has 2 heterocycles. The summed E-state index contributed by atoms with van der Waals surface area (Å²) in [7, 11) is 0. The van der Waals surface area contributed by atoms with E-state index in [1.54, 1.807) is 12.4 Å². The third kappa shape index (κ3) is 2.11. The second-order valence-electron chi connectivity index (χ2n) is 4.27. The zero-order valence-corrected chi connectivity index (χ0v) is 9.75. The van der Waals surface area contributed by atoms with Crippen LogP contribution < -0.4 is 10.2 Å². The molecule has 0 spiro atoms. The first-order valence-electron chi connectivity index (χ1n) is 5.46. The third-order valence-corrected chi connectivity index (χ3v) is 2.69. The van der Waals surface area contributed by atoms with E-state index in [2.05, 4.69) is 15.3 Å². The first-order chi connectivity index (χ1) is 8.11. The number of piperazine rings is 1. The SMILES string of the molecule is CC(C)C1C(=O)NCC(=O)N1c1cncnc1. The van der Waals surface area contributed by atoms with E-state index >= 15 is 0 Å². The van der Waals surface area contributed by atoms with E-state index in [-0.39, 0.29) is 24.3 Å². The van der Waals surface area contributed by atoms with Gasteiger partial charge in [0.25, 0.3) is 0 Å². The molecule has 1 aromatic heterocycles. The van der Waals surface area contributed by atoms with Crippen molar-refractivity contribution in [3.05, 3.63) is 18.7 Å².